The molecule has 0 fully saturated rings. The van der Waals surface area contributed by atoms with Gasteiger partial charge in [-0.05, 0) is 24.6 Å². The number of carbonyl (C=O) groups excluding carboxylic acids is 1. The first-order valence-corrected chi connectivity index (χ1v) is 9.50. The summed E-state index contributed by atoms with van der Waals surface area (Å²) in [6, 6.07) is 15.1. The third-order valence-corrected chi connectivity index (χ3v) is 4.68. The molecule has 0 radical (unpaired) electrons. The van der Waals surface area contributed by atoms with E-state index in [1.165, 1.54) is 11.7 Å². The first-order chi connectivity index (χ1) is 14.5. The van der Waals surface area contributed by atoms with Gasteiger partial charge in [-0.15, -0.1) is 0 Å². The van der Waals surface area contributed by atoms with Crippen LogP contribution in [-0.4, -0.2) is 41.3 Å². The molecule has 0 N–H and O–H groups in total. The van der Waals surface area contributed by atoms with Crippen LogP contribution in [0, 0.1) is 0 Å². The van der Waals surface area contributed by atoms with E-state index in [-0.39, 0.29) is 30.0 Å². The minimum atomic E-state index is -0.712. The highest BCUT2D eigenvalue weighted by atomic mass is 16.5. The Labute approximate surface area is 174 Å². The molecule has 156 valence electrons. The molecule has 0 saturated heterocycles. The van der Waals surface area contributed by atoms with Crippen molar-refractivity contribution in [3.63, 3.8) is 0 Å². The average molecular weight is 408 g/mol. The fraction of sp³-hybridized carbons (Fsp3) is 0.273. The van der Waals surface area contributed by atoms with Gasteiger partial charge in [0.15, 0.2) is 5.69 Å². The number of esters is 1. The van der Waals surface area contributed by atoms with Crippen molar-refractivity contribution in [1.82, 2.24) is 14.5 Å². The van der Waals surface area contributed by atoms with Crippen LogP contribution in [0.15, 0.2) is 59.5 Å². The zero-order valence-electron chi connectivity index (χ0n) is 17.4. The number of anilines is 1. The van der Waals surface area contributed by atoms with Crippen LogP contribution in [0.2, 0.25) is 0 Å². The molecule has 3 rings (SSSR count). The Morgan fingerprint density at radius 3 is 2.47 bits per heavy atom. The van der Waals surface area contributed by atoms with E-state index in [1.54, 1.807) is 32.1 Å². The third kappa shape index (κ3) is 4.03. The lowest BCUT2D eigenvalue weighted by Crippen LogP contribution is -2.34. The fourth-order valence-electron chi connectivity index (χ4n) is 3.29. The van der Waals surface area contributed by atoms with Gasteiger partial charge in [-0.1, -0.05) is 36.4 Å². The molecule has 0 aliphatic heterocycles. The van der Waals surface area contributed by atoms with E-state index < -0.39 is 11.5 Å². The molecule has 8 nitrogen and oxygen atoms in total. The minimum Gasteiger partial charge on any atom is -0.489 e. The number of hydrogen-bond donors (Lipinski definition) is 0. The highest BCUT2D eigenvalue weighted by molar-refractivity contribution is 5.90. The second kappa shape index (κ2) is 9.21. The van der Waals surface area contributed by atoms with Gasteiger partial charge in [-0.25, -0.2) is 9.78 Å². The predicted octanol–water partition coefficient (Wildman–Crippen LogP) is 2.59. The minimum absolute atomic E-state index is 0.151. The second-order valence-corrected chi connectivity index (χ2v) is 6.56. The highest BCUT2D eigenvalue weighted by Crippen LogP contribution is 2.30. The number of ether oxygens (including phenoxy) is 2. The van der Waals surface area contributed by atoms with E-state index in [2.05, 4.69) is 9.97 Å². The van der Waals surface area contributed by atoms with Gasteiger partial charge < -0.3 is 14.4 Å². The summed E-state index contributed by atoms with van der Waals surface area (Å²) in [4.78, 5) is 36.1. The van der Waals surface area contributed by atoms with E-state index in [4.69, 9.17) is 9.47 Å². The second-order valence-electron chi connectivity index (χ2n) is 6.56. The molecule has 3 aromatic rings. The number of hydrogen-bond acceptors (Lipinski definition) is 7. The molecule has 0 amide bonds. The van der Waals surface area contributed by atoms with Crippen molar-refractivity contribution >= 4 is 11.9 Å². The van der Waals surface area contributed by atoms with Crippen molar-refractivity contribution < 1.29 is 14.3 Å². The van der Waals surface area contributed by atoms with Gasteiger partial charge >= 0.3 is 5.97 Å². The number of aromatic nitrogens is 3. The molecular formula is C22H24N4O4. The SMILES string of the molecule is CCOC(=O)c1nc(N(C)C(c2ccccc2)c2ccccn2)n(C)c(=O)c1OC. The van der Waals surface area contributed by atoms with Crippen LogP contribution in [0.5, 0.6) is 5.75 Å². The smallest absolute Gasteiger partial charge is 0.361 e. The predicted molar refractivity (Wildman–Crippen MR) is 113 cm³/mol. The van der Waals surface area contributed by atoms with E-state index in [0.717, 1.165) is 11.3 Å². The molecular weight excluding hydrogens is 384 g/mol. The Morgan fingerprint density at radius 1 is 1.17 bits per heavy atom. The van der Waals surface area contributed by atoms with E-state index in [9.17, 15) is 9.59 Å². The van der Waals surface area contributed by atoms with Crippen LogP contribution >= 0.6 is 0 Å². The number of pyridine rings is 1. The molecule has 1 unspecified atom stereocenters. The summed E-state index contributed by atoms with van der Waals surface area (Å²) < 4.78 is 11.6. The van der Waals surface area contributed by atoms with Gasteiger partial charge in [0.05, 0.1) is 25.5 Å². The Balaban J connectivity index is 2.19. The molecule has 2 aromatic heterocycles. The van der Waals surface area contributed by atoms with Gasteiger partial charge in [0.1, 0.15) is 0 Å². The Morgan fingerprint density at radius 2 is 1.87 bits per heavy atom. The standard InChI is InChI=1S/C22H24N4O4/c1-5-30-21(28)17-19(29-4)20(27)26(3)22(24-17)25(2)18(15-11-7-6-8-12-15)16-13-9-10-14-23-16/h6-14,18H,5H2,1-4H3. The molecule has 30 heavy (non-hydrogen) atoms. The van der Waals surface area contributed by atoms with E-state index in [1.807, 2.05) is 48.5 Å². The number of methoxy groups -OCH3 is 1. The van der Waals surface area contributed by atoms with Crippen molar-refractivity contribution in [3.05, 3.63) is 82.0 Å². The summed E-state index contributed by atoms with van der Waals surface area (Å²) in [7, 11) is 4.71. The van der Waals surface area contributed by atoms with Crippen molar-refractivity contribution in [3.8, 4) is 5.75 Å². The van der Waals surface area contributed by atoms with Crippen molar-refractivity contribution in [2.45, 2.75) is 13.0 Å². The number of rotatable bonds is 7. The average Bonchev–Trinajstić information content (AvgIpc) is 2.77. The Kier molecular flexibility index (Phi) is 6.46. The maximum absolute atomic E-state index is 12.9. The highest BCUT2D eigenvalue weighted by Gasteiger charge is 2.28. The van der Waals surface area contributed by atoms with Crippen LogP contribution in [0.25, 0.3) is 0 Å². The van der Waals surface area contributed by atoms with Gasteiger partial charge in [0, 0.05) is 20.3 Å². The largest absolute Gasteiger partial charge is 0.489 e. The fourth-order valence-corrected chi connectivity index (χ4v) is 3.29. The molecule has 0 saturated carbocycles. The van der Waals surface area contributed by atoms with Crippen molar-refractivity contribution in [2.24, 2.45) is 7.05 Å². The van der Waals surface area contributed by atoms with Crippen molar-refractivity contribution in [2.75, 3.05) is 25.7 Å². The summed E-state index contributed by atoms with van der Waals surface area (Å²) in [6.45, 7) is 1.84. The summed E-state index contributed by atoms with van der Waals surface area (Å²) in [5.41, 5.74) is 1.10. The summed E-state index contributed by atoms with van der Waals surface area (Å²) >= 11 is 0. The quantitative estimate of drug-likeness (QED) is 0.555. The summed E-state index contributed by atoms with van der Waals surface area (Å²) in [5.74, 6) is -0.582. The lowest BCUT2D eigenvalue weighted by atomic mass is 10.0. The molecule has 0 spiro atoms. The third-order valence-electron chi connectivity index (χ3n) is 4.68. The van der Waals surface area contributed by atoms with Crippen LogP contribution in [-0.2, 0) is 11.8 Å². The van der Waals surface area contributed by atoms with Gasteiger partial charge in [-0.2, -0.15) is 0 Å². The molecule has 0 aliphatic carbocycles. The van der Waals surface area contributed by atoms with Gasteiger partial charge in [0.2, 0.25) is 11.7 Å². The maximum atomic E-state index is 12.9. The molecule has 2 heterocycles. The molecule has 1 aromatic carbocycles. The Hall–Kier alpha value is -3.68. The topological polar surface area (TPSA) is 86.5 Å². The number of benzene rings is 1. The maximum Gasteiger partial charge on any atom is 0.361 e. The summed E-state index contributed by atoms with van der Waals surface area (Å²) in [5, 5.41) is 0. The van der Waals surface area contributed by atoms with Gasteiger partial charge in [0.25, 0.3) is 5.56 Å². The van der Waals surface area contributed by atoms with E-state index >= 15 is 0 Å². The van der Waals surface area contributed by atoms with Gasteiger partial charge in [-0.3, -0.25) is 14.3 Å². The first kappa shape index (κ1) is 21.0. The van der Waals surface area contributed by atoms with Crippen molar-refractivity contribution in [1.29, 1.82) is 0 Å². The first-order valence-electron chi connectivity index (χ1n) is 9.50. The zero-order chi connectivity index (χ0) is 21.7. The molecule has 1 atom stereocenters. The monoisotopic (exact) mass is 408 g/mol. The van der Waals surface area contributed by atoms with E-state index in [0.29, 0.717) is 0 Å². The lowest BCUT2D eigenvalue weighted by molar-refractivity contribution is 0.0514. The lowest BCUT2D eigenvalue weighted by Gasteiger charge is -2.30. The van der Waals surface area contributed by atoms with Crippen LogP contribution in [0.4, 0.5) is 5.95 Å². The van der Waals surface area contributed by atoms with Crippen LogP contribution < -0.4 is 15.2 Å². The number of nitrogens with zero attached hydrogens (tertiary/aromatic N) is 4. The zero-order valence-corrected chi connectivity index (χ0v) is 17.4. The molecule has 8 heteroatoms. The summed E-state index contributed by atoms with van der Waals surface area (Å²) in [6.07, 6.45) is 1.71. The molecule has 0 bridgehead atoms. The van der Waals surface area contributed by atoms with Crippen LogP contribution in [0.1, 0.15) is 34.7 Å². The Bertz CT molecular complexity index is 1030. The normalized spacial score (nSPS) is 11.6. The number of carbonyl (C=O) groups is 1. The molecule has 0 aliphatic rings. The van der Waals surface area contributed by atoms with Crippen LogP contribution in [0.3, 0.4) is 0 Å².